The van der Waals surface area contributed by atoms with Crippen LogP contribution in [-0.4, -0.2) is 5.11 Å². The van der Waals surface area contributed by atoms with Gasteiger partial charge >= 0.3 is 5.63 Å². The average Bonchev–Trinajstić information content (AvgIpc) is 2.50. The van der Waals surface area contributed by atoms with Gasteiger partial charge in [0.25, 0.3) is 0 Å². The first-order chi connectivity index (χ1) is 10.6. The molecule has 0 aliphatic carbocycles. The van der Waals surface area contributed by atoms with E-state index in [1.165, 1.54) is 0 Å². The third-order valence-corrected chi connectivity index (χ3v) is 3.51. The summed E-state index contributed by atoms with van der Waals surface area (Å²) in [4.78, 5) is 12.0. The quantitative estimate of drug-likeness (QED) is 0.541. The molecule has 1 heterocycles. The zero-order valence-corrected chi connectivity index (χ0v) is 12.3. The lowest BCUT2D eigenvalue weighted by atomic mass is 10.1. The minimum atomic E-state index is -0.755. The number of nitrogens with zero attached hydrogens (tertiary/aromatic N) is 2. The van der Waals surface area contributed by atoms with Gasteiger partial charge in [0.15, 0.2) is 5.75 Å². The Morgan fingerprint density at radius 1 is 1.09 bits per heavy atom. The summed E-state index contributed by atoms with van der Waals surface area (Å²) in [6, 6.07) is 12.0. The first-order valence-corrected chi connectivity index (χ1v) is 6.87. The van der Waals surface area contributed by atoms with E-state index in [0.717, 1.165) is 5.56 Å². The van der Waals surface area contributed by atoms with E-state index in [1.54, 1.807) is 49.4 Å². The van der Waals surface area contributed by atoms with Gasteiger partial charge in [0, 0.05) is 0 Å². The normalized spacial score (nSPS) is 11.4. The van der Waals surface area contributed by atoms with Crippen LogP contribution in [0.5, 0.6) is 5.75 Å². The van der Waals surface area contributed by atoms with Crippen molar-refractivity contribution in [1.29, 1.82) is 0 Å². The van der Waals surface area contributed by atoms with E-state index in [2.05, 4.69) is 10.2 Å². The number of para-hydroxylation sites is 1. The van der Waals surface area contributed by atoms with Gasteiger partial charge in [-0.3, -0.25) is 0 Å². The Labute approximate surface area is 130 Å². The summed E-state index contributed by atoms with van der Waals surface area (Å²) in [5.74, 6) is -0.259. The number of rotatable bonds is 2. The Bertz CT molecular complexity index is 948. The SMILES string of the molecule is Cc1cccc2c(O)c(N=Nc3ccccc3Cl)c(=O)oc12. The fraction of sp³-hybridized carbons (Fsp3) is 0.0625. The van der Waals surface area contributed by atoms with Crippen LogP contribution >= 0.6 is 11.6 Å². The summed E-state index contributed by atoms with van der Waals surface area (Å²) >= 11 is 5.97. The van der Waals surface area contributed by atoms with E-state index >= 15 is 0 Å². The lowest BCUT2D eigenvalue weighted by Gasteiger charge is -2.04. The van der Waals surface area contributed by atoms with Crippen molar-refractivity contribution in [3.63, 3.8) is 0 Å². The van der Waals surface area contributed by atoms with Crippen molar-refractivity contribution in [2.45, 2.75) is 6.92 Å². The van der Waals surface area contributed by atoms with Crippen molar-refractivity contribution in [1.82, 2.24) is 0 Å². The summed E-state index contributed by atoms with van der Waals surface area (Å²) in [6.45, 7) is 1.79. The molecule has 5 nitrogen and oxygen atoms in total. The number of benzene rings is 2. The Morgan fingerprint density at radius 3 is 2.64 bits per heavy atom. The van der Waals surface area contributed by atoms with E-state index in [0.29, 0.717) is 21.7 Å². The van der Waals surface area contributed by atoms with Crippen LogP contribution in [0.15, 0.2) is 61.9 Å². The number of hydrogen-bond acceptors (Lipinski definition) is 5. The fourth-order valence-corrected chi connectivity index (χ4v) is 2.24. The molecule has 0 saturated carbocycles. The maximum Gasteiger partial charge on any atom is 0.368 e. The molecule has 0 amide bonds. The predicted octanol–water partition coefficient (Wildman–Crippen LogP) is 4.88. The van der Waals surface area contributed by atoms with Crippen LogP contribution in [0, 0.1) is 6.92 Å². The lowest BCUT2D eigenvalue weighted by molar-refractivity contribution is 0.469. The molecule has 0 aliphatic rings. The van der Waals surface area contributed by atoms with Gasteiger partial charge in [-0.15, -0.1) is 10.2 Å². The molecule has 22 heavy (non-hydrogen) atoms. The molecule has 0 saturated heterocycles. The fourth-order valence-electron chi connectivity index (χ4n) is 2.06. The highest BCUT2D eigenvalue weighted by Gasteiger charge is 2.14. The second-order valence-corrected chi connectivity index (χ2v) is 5.10. The monoisotopic (exact) mass is 314 g/mol. The molecular formula is C16H11ClN2O3. The van der Waals surface area contributed by atoms with Crippen LogP contribution < -0.4 is 5.63 Å². The molecule has 2 aromatic carbocycles. The highest BCUT2D eigenvalue weighted by Crippen LogP contribution is 2.34. The Hall–Kier alpha value is -2.66. The van der Waals surface area contributed by atoms with Crippen LogP contribution in [0.2, 0.25) is 5.02 Å². The Morgan fingerprint density at radius 2 is 1.86 bits per heavy atom. The topological polar surface area (TPSA) is 75.2 Å². The first-order valence-electron chi connectivity index (χ1n) is 6.49. The van der Waals surface area contributed by atoms with Crippen LogP contribution in [0.1, 0.15) is 5.56 Å². The molecule has 0 fully saturated rings. The summed E-state index contributed by atoms with van der Waals surface area (Å²) < 4.78 is 5.22. The van der Waals surface area contributed by atoms with Crippen molar-refractivity contribution >= 4 is 33.9 Å². The van der Waals surface area contributed by atoms with Gasteiger partial charge in [0.05, 0.1) is 10.4 Å². The predicted molar refractivity (Wildman–Crippen MR) is 84.5 cm³/mol. The van der Waals surface area contributed by atoms with Gasteiger partial charge in [-0.25, -0.2) is 4.79 Å². The molecule has 0 aliphatic heterocycles. The largest absolute Gasteiger partial charge is 0.505 e. The van der Waals surface area contributed by atoms with E-state index in [1.807, 2.05) is 0 Å². The average molecular weight is 315 g/mol. The summed E-state index contributed by atoms with van der Waals surface area (Å²) in [5.41, 5.74) is 0.474. The van der Waals surface area contributed by atoms with Gasteiger partial charge in [-0.05, 0) is 30.7 Å². The minimum absolute atomic E-state index is 0.252. The van der Waals surface area contributed by atoms with Crippen molar-refractivity contribution in [2.24, 2.45) is 10.2 Å². The van der Waals surface area contributed by atoms with E-state index in [9.17, 15) is 9.90 Å². The number of aromatic hydroxyl groups is 1. The summed E-state index contributed by atoms with van der Waals surface area (Å²) in [6.07, 6.45) is 0. The van der Waals surface area contributed by atoms with E-state index < -0.39 is 5.63 Å². The standard InChI is InChI=1S/C16H11ClN2O3/c1-9-5-4-6-10-14(20)13(16(21)22-15(9)10)19-18-12-8-3-2-7-11(12)17/h2-8,20H,1H3. The summed E-state index contributed by atoms with van der Waals surface area (Å²) in [7, 11) is 0. The van der Waals surface area contributed by atoms with Crippen molar-refractivity contribution in [3.05, 3.63) is 63.5 Å². The number of azo groups is 1. The van der Waals surface area contributed by atoms with Gasteiger partial charge in [-0.1, -0.05) is 35.9 Å². The van der Waals surface area contributed by atoms with Crippen LogP contribution in [0.3, 0.4) is 0 Å². The van der Waals surface area contributed by atoms with Crippen molar-refractivity contribution in [2.75, 3.05) is 0 Å². The molecule has 3 aromatic rings. The van der Waals surface area contributed by atoms with E-state index in [4.69, 9.17) is 16.0 Å². The Kier molecular flexibility index (Phi) is 3.65. The molecular weight excluding hydrogens is 304 g/mol. The molecule has 0 radical (unpaired) electrons. The zero-order chi connectivity index (χ0) is 15.7. The number of aryl methyl sites for hydroxylation is 1. The lowest BCUT2D eigenvalue weighted by Crippen LogP contribution is -1.99. The van der Waals surface area contributed by atoms with Gasteiger partial charge in [-0.2, -0.15) is 0 Å². The maximum atomic E-state index is 12.0. The minimum Gasteiger partial charge on any atom is -0.505 e. The molecule has 3 rings (SSSR count). The maximum absolute atomic E-state index is 12.0. The molecule has 6 heteroatoms. The number of halogens is 1. The smallest absolute Gasteiger partial charge is 0.368 e. The molecule has 0 atom stereocenters. The summed E-state index contributed by atoms with van der Waals surface area (Å²) in [5, 5.41) is 18.8. The Balaban J connectivity index is 2.16. The van der Waals surface area contributed by atoms with Gasteiger partial charge < -0.3 is 9.52 Å². The molecule has 0 bridgehead atoms. The third-order valence-electron chi connectivity index (χ3n) is 3.19. The highest BCUT2D eigenvalue weighted by atomic mass is 35.5. The highest BCUT2D eigenvalue weighted by molar-refractivity contribution is 6.32. The molecule has 1 N–H and O–H groups in total. The molecule has 0 spiro atoms. The number of fused-ring (bicyclic) bond motifs is 1. The number of hydrogen-bond donors (Lipinski definition) is 1. The van der Waals surface area contributed by atoms with Crippen molar-refractivity contribution in [3.8, 4) is 5.75 Å². The second-order valence-electron chi connectivity index (χ2n) is 4.69. The first kappa shape index (κ1) is 14.3. The molecule has 0 unspecified atom stereocenters. The van der Waals surface area contributed by atoms with Gasteiger partial charge in [0.1, 0.15) is 11.3 Å². The molecule has 110 valence electrons. The zero-order valence-electron chi connectivity index (χ0n) is 11.6. The van der Waals surface area contributed by atoms with Crippen LogP contribution in [0.4, 0.5) is 11.4 Å². The third kappa shape index (κ3) is 2.46. The van der Waals surface area contributed by atoms with Crippen LogP contribution in [0.25, 0.3) is 11.0 Å². The van der Waals surface area contributed by atoms with Gasteiger partial charge in [0.2, 0.25) is 5.69 Å². The second kappa shape index (κ2) is 5.61. The van der Waals surface area contributed by atoms with E-state index in [-0.39, 0.29) is 11.4 Å². The van der Waals surface area contributed by atoms with Crippen LogP contribution in [-0.2, 0) is 0 Å². The van der Waals surface area contributed by atoms with Crippen molar-refractivity contribution < 1.29 is 9.52 Å². The molecule has 1 aromatic heterocycles.